The first-order valence-electron chi connectivity index (χ1n) is 13.0. The standard InChI is InChI=1S/C28H34F2N4O4/c1-18(2)26(35)32-22-6-3-5-20(15-22)19-9-13-33(14-10-19)12-4-11-31-27(36)34-25(17-38-28(34)37)21-7-8-23(29)24(30)16-21/h3,5-8,15-16,18-19,25H,4,9-14,17H2,1-2H3,(H,31,36)(H,32,35). The van der Waals surface area contributed by atoms with Crippen LogP contribution in [0.15, 0.2) is 42.5 Å². The molecule has 4 rings (SSSR count). The normalized spacial score (nSPS) is 18.5. The Morgan fingerprint density at radius 1 is 1.05 bits per heavy atom. The number of anilines is 1. The molecule has 0 aromatic heterocycles. The minimum atomic E-state index is -1.04. The highest BCUT2D eigenvalue weighted by Gasteiger charge is 2.39. The van der Waals surface area contributed by atoms with Crippen LogP contribution < -0.4 is 10.6 Å². The van der Waals surface area contributed by atoms with Crippen LogP contribution in [0.4, 0.5) is 24.1 Å². The number of benzene rings is 2. The molecule has 0 bridgehead atoms. The van der Waals surface area contributed by atoms with Crippen molar-refractivity contribution in [3.8, 4) is 0 Å². The second-order valence-electron chi connectivity index (χ2n) is 10.1. The van der Waals surface area contributed by atoms with E-state index in [1.165, 1.54) is 11.6 Å². The molecule has 2 aromatic rings. The van der Waals surface area contributed by atoms with E-state index in [1.807, 2.05) is 26.0 Å². The molecule has 2 heterocycles. The maximum Gasteiger partial charge on any atom is 0.418 e. The summed E-state index contributed by atoms with van der Waals surface area (Å²) >= 11 is 0. The molecule has 2 aliphatic heterocycles. The van der Waals surface area contributed by atoms with Gasteiger partial charge in [-0.2, -0.15) is 0 Å². The number of urea groups is 1. The van der Waals surface area contributed by atoms with Crippen LogP contribution >= 0.6 is 0 Å². The van der Waals surface area contributed by atoms with Crippen molar-refractivity contribution in [2.75, 3.05) is 38.1 Å². The molecule has 0 radical (unpaired) electrons. The number of halogens is 2. The number of hydrogen-bond donors (Lipinski definition) is 2. The molecule has 8 nitrogen and oxygen atoms in total. The first-order valence-corrected chi connectivity index (χ1v) is 13.0. The zero-order valence-electron chi connectivity index (χ0n) is 21.7. The molecule has 204 valence electrons. The molecular weight excluding hydrogens is 494 g/mol. The lowest BCUT2D eigenvalue weighted by molar-refractivity contribution is -0.118. The quantitative estimate of drug-likeness (QED) is 0.469. The van der Waals surface area contributed by atoms with Gasteiger partial charge in [-0.05, 0) is 80.2 Å². The molecule has 1 atom stereocenters. The molecule has 0 saturated carbocycles. The molecule has 0 aliphatic carbocycles. The number of likely N-dealkylation sites (tertiary alicyclic amines) is 1. The number of nitrogens with one attached hydrogen (secondary N) is 2. The molecule has 38 heavy (non-hydrogen) atoms. The monoisotopic (exact) mass is 528 g/mol. The van der Waals surface area contributed by atoms with Gasteiger partial charge >= 0.3 is 12.1 Å². The predicted octanol–water partition coefficient (Wildman–Crippen LogP) is 5.03. The van der Waals surface area contributed by atoms with Gasteiger partial charge in [0.1, 0.15) is 12.6 Å². The van der Waals surface area contributed by atoms with Gasteiger partial charge in [0.25, 0.3) is 0 Å². The summed E-state index contributed by atoms with van der Waals surface area (Å²) in [5.74, 6) is -1.68. The number of piperidine rings is 1. The molecule has 1 unspecified atom stereocenters. The zero-order valence-corrected chi connectivity index (χ0v) is 21.7. The van der Waals surface area contributed by atoms with Crippen LogP contribution in [0.3, 0.4) is 0 Å². The van der Waals surface area contributed by atoms with Crippen LogP contribution in [0.5, 0.6) is 0 Å². The second-order valence-corrected chi connectivity index (χ2v) is 10.1. The van der Waals surface area contributed by atoms with E-state index in [-0.39, 0.29) is 18.4 Å². The Bertz CT molecular complexity index is 1170. The third-order valence-corrected chi connectivity index (χ3v) is 7.09. The number of rotatable bonds is 8. The smallest absolute Gasteiger partial charge is 0.418 e. The Kier molecular flexibility index (Phi) is 8.93. The van der Waals surface area contributed by atoms with E-state index in [0.29, 0.717) is 24.4 Å². The summed E-state index contributed by atoms with van der Waals surface area (Å²) in [7, 11) is 0. The number of carbonyl (C=O) groups excluding carboxylic acids is 3. The first-order chi connectivity index (χ1) is 18.2. The van der Waals surface area contributed by atoms with Crippen LogP contribution in [0, 0.1) is 17.6 Å². The lowest BCUT2D eigenvalue weighted by Gasteiger charge is -2.32. The molecule has 0 spiro atoms. The molecule has 10 heteroatoms. The highest BCUT2D eigenvalue weighted by molar-refractivity contribution is 5.93. The summed E-state index contributed by atoms with van der Waals surface area (Å²) < 4.78 is 31.9. The largest absolute Gasteiger partial charge is 0.446 e. The Labute approximate surface area is 221 Å². The van der Waals surface area contributed by atoms with Crippen LogP contribution in [0.25, 0.3) is 0 Å². The maximum absolute atomic E-state index is 13.7. The molecule has 4 amide bonds. The molecule has 2 saturated heterocycles. The minimum absolute atomic E-state index is 0.00515. The van der Waals surface area contributed by atoms with E-state index >= 15 is 0 Å². The Hall–Kier alpha value is -3.53. The van der Waals surface area contributed by atoms with Crippen molar-refractivity contribution in [3.05, 3.63) is 65.2 Å². The molecule has 2 aliphatic rings. The van der Waals surface area contributed by atoms with Crippen molar-refractivity contribution in [2.24, 2.45) is 5.92 Å². The van der Waals surface area contributed by atoms with Gasteiger partial charge in [0.15, 0.2) is 11.6 Å². The Morgan fingerprint density at radius 2 is 1.82 bits per heavy atom. The van der Waals surface area contributed by atoms with Gasteiger partial charge in [-0.1, -0.05) is 32.0 Å². The van der Waals surface area contributed by atoms with Gasteiger partial charge in [0.05, 0.1) is 0 Å². The fourth-order valence-corrected chi connectivity index (χ4v) is 4.84. The van der Waals surface area contributed by atoms with Crippen molar-refractivity contribution < 1.29 is 27.9 Å². The lowest BCUT2D eigenvalue weighted by Crippen LogP contribution is -2.43. The number of carbonyl (C=O) groups is 3. The summed E-state index contributed by atoms with van der Waals surface area (Å²) in [6, 6.07) is 9.91. The predicted molar refractivity (Wildman–Crippen MR) is 139 cm³/mol. The second kappa shape index (κ2) is 12.3. The van der Waals surface area contributed by atoms with E-state index in [4.69, 9.17) is 4.74 Å². The summed E-state index contributed by atoms with van der Waals surface area (Å²) in [6.07, 6.45) is 1.89. The highest BCUT2D eigenvalue weighted by atomic mass is 19.2. The van der Waals surface area contributed by atoms with Gasteiger partial charge in [-0.3, -0.25) is 4.79 Å². The van der Waals surface area contributed by atoms with Crippen molar-refractivity contribution >= 4 is 23.7 Å². The number of cyclic esters (lactones) is 1. The van der Waals surface area contributed by atoms with Crippen LogP contribution in [0.2, 0.25) is 0 Å². The fraction of sp³-hybridized carbons (Fsp3) is 0.464. The third-order valence-electron chi connectivity index (χ3n) is 7.09. The van der Waals surface area contributed by atoms with Gasteiger partial charge in [0, 0.05) is 18.2 Å². The van der Waals surface area contributed by atoms with Crippen molar-refractivity contribution in [1.82, 2.24) is 15.1 Å². The fourth-order valence-electron chi connectivity index (χ4n) is 4.84. The summed E-state index contributed by atoms with van der Waals surface area (Å²) in [5, 5.41) is 5.71. The molecular formula is C28H34F2N4O4. The van der Waals surface area contributed by atoms with Gasteiger partial charge in [-0.25, -0.2) is 23.3 Å². The minimum Gasteiger partial charge on any atom is -0.446 e. The van der Waals surface area contributed by atoms with Crippen LogP contribution in [0.1, 0.15) is 56.2 Å². The number of ether oxygens (including phenoxy) is 1. The van der Waals surface area contributed by atoms with E-state index < -0.39 is 29.8 Å². The topological polar surface area (TPSA) is 91.0 Å². The van der Waals surface area contributed by atoms with Gasteiger partial charge in [-0.15, -0.1) is 0 Å². The lowest BCUT2D eigenvalue weighted by atomic mass is 9.89. The average molecular weight is 529 g/mol. The number of amides is 4. The SMILES string of the molecule is CC(C)C(=O)Nc1cccc(C2CCN(CCCNC(=O)N3C(=O)OCC3c3ccc(F)c(F)c3)CC2)c1. The number of nitrogens with zero attached hydrogens (tertiary/aromatic N) is 2. The number of hydrogen-bond acceptors (Lipinski definition) is 5. The Morgan fingerprint density at radius 3 is 2.53 bits per heavy atom. The molecule has 2 N–H and O–H groups in total. The Balaban J connectivity index is 1.21. The third kappa shape index (κ3) is 6.66. The highest BCUT2D eigenvalue weighted by Crippen LogP contribution is 2.30. The van der Waals surface area contributed by atoms with Crippen LogP contribution in [-0.2, 0) is 9.53 Å². The first kappa shape index (κ1) is 27.5. The van der Waals surface area contributed by atoms with E-state index in [1.54, 1.807) is 0 Å². The number of imide groups is 1. The summed E-state index contributed by atoms with van der Waals surface area (Å²) in [4.78, 5) is 40.1. The van der Waals surface area contributed by atoms with Crippen molar-refractivity contribution in [3.63, 3.8) is 0 Å². The molecule has 2 fully saturated rings. The molecule has 2 aromatic carbocycles. The van der Waals surface area contributed by atoms with E-state index in [2.05, 4.69) is 27.7 Å². The van der Waals surface area contributed by atoms with Crippen molar-refractivity contribution in [2.45, 2.75) is 45.1 Å². The van der Waals surface area contributed by atoms with Crippen molar-refractivity contribution in [1.29, 1.82) is 0 Å². The van der Waals surface area contributed by atoms with Gasteiger partial charge in [0.2, 0.25) is 5.91 Å². The van der Waals surface area contributed by atoms with E-state index in [9.17, 15) is 23.2 Å². The average Bonchev–Trinajstić information content (AvgIpc) is 3.30. The van der Waals surface area contributed by atoms with Crippen LogP contribution in [-0.4, -0.2) is 60.6 Å². The zero-order chi connectivity index (χ0) is 27.2. The maximum atomic E-state index is 13.7. The van der Waals surface area contributed by atoms with Gasteiger partial charge < -0.3 is 20.3 Å². The summed E-state index contributed by atoms with van der Waals surface area (Å²) in [6.45, 7) is 6.65. The van der Waals surface area contributed by atoms with E-state index in [0.717, 1.165) is 55.2 Å². The summed E-state index contributed by atoms with van der Waals surface area (Å²) in [5.41, 5.74) is 2.35.